The van der Waals surface area contributed by atoms with E-state index in [-0.39, 0.29) is 24.0 Å². The van der Waals surface area contributed by atoms with Gasteiger partial charge in [0, 0.05) is 45.5 Å². The van der Waals surface area contributed by atoms with E-state index in [2.05, 4.69) is 69.1 Å². The molecule has 0 saturated carbocycles. The molecule has 0 spiro atoms. The lowest BCUT2D eigenvalue weighted by Gasteiger charge is -2.19. The third kappa shape index (κ3) is 5.85. The molecule has 1 saturated heterocycles. The van der Waals surface area contributed by atoms with Crippen LogP contribution in [-0.4, -0.2) is 38.8 Å². The van der Waals surface area contributed by atoms with Gasteiger partial charge in [-0.05, 0) is 42.0 Å². The maximum atomic E-state index is 5.65. The van der Waals surface area contributed by atoms with Gasteiger partial charge in [-0.25, -0.2) is 0 Å². The predicted molar refractivity (Wildman–Crippen MR) is 130 cm³/mol. The van der Waals surface area contributed by atoms with E-state index in [4.69, 9.17) is 4.74 Å². The summed E-state index contributed by atoms with van der Waals surface area (Å²) >= 11 is 0. The maximum Gasteiger partial charge on any atom is 0.191 e. The normalized spacial score (nSPS) is 18.3. The third-order valence-electron chi connectivity index (χ3n) is 5.58. The minimum Gasteiger partial charge on any atom is -0.376 e. The Balaban J connectivity index is 0.00000240. The molecule has 2 N–H and O–H groups in total. The Labute approximate surface area is 191 Å². The molecule has 1 fully saturated rings. The fourth-order valence-corrected chi connectivity index (χ4v) is 3.98. The molecule has 156 valence electrons. The summed E-state index contributed by atoms with van der Waals surface area (Å²) in [5.41, 5.74) is 5.45. The second-order valence-corrected chi connectivity index (χ2v) is 7.56. The van der Waals surface area contributed by atoms with Gasteiger partial charge in [-0.2, -0.15) is 0 Å². The number of benzene rings is 2. The Hall–Kier alpha value is -1.80. The van der Waals surface area contributed by atoms with E-state index < -0.39 is 0 Å². The second-order valence-electron chi connectivity index (χ2n) is 7.56. The summed E-state index contributed by atoms with van der Waals surface area (Å²) in [6.45, 7) is 4.53. The minimum absolute atomic E-state index is 0. The van der Waals surface area contributed by atoms with Gasteiger partial charge >= 0.3 is 0 Å². The first-order chi connectivity index (χ1) is 13.8. The fourth-order valence-electron chi connectivity index (χ4n) is 3.98. The van der Waals surface area contributed by atoms with Crippen molar-refractivity contribution in [2.24, 2.45) is 4.99 Å². The highest BCUT2D eigenvalue weighted by molar-refractivity contribution is 14.0. The minimum atomic E-state index is 0. The Morgan fingerprint density at radius 1 is 1.10 bits per heavy atom. The molecule has 2 heterocycles. The molecule has 0 bridgehead atoms. The van der Waals surface area contributed by atoms with Crippen molar-refractivity contribution in [2.45, 2.75) is 38.5 Å². The molecule has 0 aliphatic carbocycles. The van der Waals surface area contributed by atoms with Gasteiger partial charge in [-0.3, -0.25) is 4.99 Å². The maximum absolute atomic E-state index is 5.65. The zero-order chi connectivity index (χ0) is 19.2. The first-order valence-corrected chi connectivity index (χ1v) is 10.3. The number of nitrogens with zero attached hydrogens (tertiary/aromatic N) is 2. The topological polar surface area (TPSA) is 48.9 Å². The molecule has 5 nitrogen and oxygen atoms in total. The number of aliphatic imine (C=N–C) groups is 1. The Morgan fingerprint density at radius 2 is 1.90 bits per heavy atom. The zero-order valence-corrected chi connectivity index (χ0v) is 19.4. The van der Waals surface area contributed by atoms with Crippen LogP contribution < -0.4 is 15.5 Å². The molecule has 0 amide bonds. The van der Waals surface area contributed by atoms with Gasteiger partial charge < -0.3 is 20.3 Å². The number of hydrogen-bond acceptors (Lipinski definition) is 3. The van der Waals surface area contributed by atoms with Gasteiger partial charge in [0.1, 0.15) is 0 Å². The molecule has 29 heavy (non-hydrogen) atoms. The molecule has 4 rings (SSSR count). The first kappa shape index (κ1) is 21.9. The van der Waals surface area contributed by atoms with Gasteiger partial charge in [-0.15, -0.1) is 24.0 Å². The summed E-state index contributed by atoms with van der Waals surface area (Å²) in [6, 6.07) is 17.6. The van der Waals surface area contributed by atoms with Crippen LogP contribution in [0.15, 0.2) is 53.5 Å². The van der Waals surface area contributed by atoms with Crippen LogP contribution in [0.4, 0.5) is 5.69 Å². The zero-order valence-electron chi connectivity index (χ0n) is 17.1. The molecule has 0 aromatic heterocycles. The Morgan fingerprint density at radius 3 is 2.66 bits per heavy atom. The van der Waals surface area contributed by atoms with Gasteiger partial charge in [0.05, 0.1) is 6.10 Å². The average molecular weight is 506 g/mol. The molecular formula is C23H31IN4O. The monoisotopic (exact) mass is 506 g/mol. The largest absolute Gasteiger partial charge is 0.376 e. The number of para-hydroxylation sites is 1. The lowest BCUT2D eigenvalue weighted by Crippen LogP contribution is -2.40. The van der Waals surface area contributed by atoms with Crippen LogP contribution in [0.3, 0.4) is 0 Å². The molecule has 0 radical (unpaired) electrons. The van der Waals surface area contributed by atoms with Crippen molar-refractivity contribution in [3.8, 4) is 0 Å². The Bertz CT molecular complexity index is 803. The van der Waals surface area contributed by atoms with Gasteiger partial charge in [-0.1, -0.05) is 42.5 Å². The summed E-state index contributed by atoms with van der Waals surface area (Å²) < 4.78 is 5.65. The molecule has 2 aliphatic rings. The van der Waals surface area contributed by atoms with Crippen LogP contribution >= 0.6 is 24.0 Å². The highest BCUT2D eigenvalue weighted by Gasteiger charge is 2.18. The van der Waals surface area contributed by atoms with Crippen LogP contribution in [0.5, 0.6) is 0 Å². The van der Waals surface area contributed by atoms with Crippen LogP contribution in [0.25, 0.3) is 0 Å². The second kappa shape index (κ2) is 10.8. The molecule has 1 atom stereocenters. The van der Waals surface area contributed by atoms with Crippen LogP contribution in [0, 0.1) is 0 Å². The summed E-state index contributed by atoms with van der Waals surface area (Å²) in [5, 5.41) is 6.75. The number of rotatable bonds is 6. The number of hydrogen-bond donors (Lipinski definition) is 2. The van der Waals surface area contributed by atoms with Crippen molar-refractivity contribution in [2.75, 3.05) is 31.6 Å². The van der Waals surface area contributed by atoms with Crippen LogP contribution in [-0.2, 0) is 24.2 Å². The number of halogens is 1. The van der Waals surface area contributed by atoms with E-state index in [0.717, 1.165) is 58.0 Å². The molecule has 6 heteroatoms. The standard InChI is InChI=1S/C23H30N4O.HI/c1-24-23(26-16-21-6-4-14-28-21)25-15-18-8-10-19(11-9-18)17-27-13-12-20-5-2-3-7-22(20)27;/h2-3,5,7-11,21H,4,6,12-17H2,1H3,(H2,24,25,26);1H. The fraction of sp³-hybridized carbons (Fsp3) is 0.435. The van der Waals surface area contributed by atoms with Gasteiger partial charge in [0.15, 0.2) is 5.96 Å². The van der Waals surface area contributed by atoms with Crippen molar-refractivity contribution >= 4 is 35.6 Å². The molecule has 2 aromatic rings. The van der Waals surface area contributed by atoms with E-state index >= 15 is 0 Å². The number of guanidine groups is 1. The van der Waals surface area contributed by atoms with E-state index in [1.807, 2.05) is 7.05 Å². The SMILES string of the molecule is CN=C(NCc1ccc(CN2CCc3ccccc32)cc1)NCC1CCCO1.I. The van der Waals surface area contributed by atoms with Crippen LogP contribution in [0.2, 0.25) is 0 Å². The highest BCUT2D eigenvalue weighted by atomic mass is 127. The molecular weight excluding hydrogens is 475 g/mol. The molecule has 1 unspecified atom stereocenters. The number of anilines is 1. The van der Waals surface area contributed by atoms with Crippen molar-refractivity contribution in [3.63, 3.8) is 0 Å². The summed E-state index contributed by atoms with van der Waals surface area (Å²) in [6.07, 6.45) is 3.75. The van der Waals surface area contributed by atoms with Crippen molar-refractivity contribution in [1.82, 2.24) is 10.6 Å². The third-order valence-corrected chi connectivity index (χ3v) is 5.58. The van der Waals surface area contributed by atoms with Gasteiger partial charge in [0.2, 0.25) is 0 Å². The van der Waals surface area contributed by atoms with Crippen LogP contribution in [0.1, 0.15) is 29.5 Å². The van der Waals surface area contributed by atoms with Crippen molar-refractivity contribution < 1.29 is 4.74 Å². The van der Waals surface area contributed by atoms with Crippen molar-refractivity contribution in [3.05, 3.63) is 65.2 Å². The van der Waals surface area contributed by atoms with Crippen molar-refractivity contribution in [1.29, 1.82) is 0 Å². The lowest BCUT2D eigenvalue weighted by atomic mass is 10.1. The average Bonchev–Trinajstić information content (AvgIpc) is 3.40. The van der Waals surface area contributed by atoms with E-state index in [1.165, 1.54) is 22.4 Å². The first-order valence-electron chi connectivity index (χ1n) is 10.3. The van der Waals surface area contributed by atoms with E-state index in [1.54, 1.807) is 0 Å². The quantitative estimate of drug-likeness (QED) is 0.357. The molecule has 2 aliphatic heterocycles. The number of fused-ring (bicyclic) bond motifs is 1. The summed E-state index contributed by atoms with van der Waals surface area (Å²) in [7, 11) is 1.81. The Kier molecular flexibility index (Phi) is 8.18. The summed E-state index contributed by atoms with van der Waals surface area (Å²) in [4.78, 5) is 6.78. The van der Waals surface area contributed by atoms with E-state index in [0.29, 0.717) is 6.10 Å². The highest BCUT2D eigenvalue weighted by Crippen LogP contribution is 2.28. The van der Waals surface area contributed by atoms with E-state index in [9.17, 15) is 0 Å². The number of ether oxygens (including phenoxy) is 1. The summed E-state index contributed by atoms with van der Waals surface area (Å²) in [5.74, 6) is 0.827. The number of nitrogens with one attached hydrogen (secondary N) is 2. The predicted octanol–water partition coefficient (Wildman–Crippen LogP) is 3.71. The smallest absolute Gasteiger partial charge is 0.191 e. The lowest BCUT2D eigenvalue weighted by molar-refractivity contribution is 0.114. The van der Waals surface area contributed by atoms with Gasteiger partial charge in [0.25, 0.3) is 0 Å². The molecule has 2 aromatic carbocycles.